The molecule has 18 heavy (non-hydrogen) atoms. The first-order valence-electron chi connectivity index (χ1n) is 5.54. The van der Waals surface area contributed by atoms with Crippen molar-refractivity contribution in [3.8, 4) is 11.8 Å². The molecule has 0 aliphatic rings. The van der Waals surface area contributed by atoms with Crippen molar-refractivity contribution >= 4 is 15.9 Å². The molecule has 0 aliphatic carbocycles. The van der Waals surface area contributed by atoms with Gasteiger partial charge in [0.1, 0.15) is 0 Å². The van der Waals surface area contributed by atoms with Crippen molar-refractivity contribution in [2.24, 2.45) is 0 Å². The monoisotopic (exact) mass is 268 g/mol. The second-order valence-corrected chi connectivity index (χ2v) is 4.96. The van der Waals surface area contributed by atoms with E-state index in [1.54, 1.807) is 31.2 Å². The second-order valence-electron chi connectivity index (χ2n) is 3.46. The smallest absolute Gasteiger partial charge is 0.299 e. The summed E-state index contributed by atoms with van der Waals surface area (Å²) in [5, 5.41) is 8.61. The summed E-state index contributed by atoms with van der Waals surface area (Å²) in [6, 6.07) is 6.77. The van der Waals surface area contributed by atoms with Gasteiger partial charge in [-0.05, 0) is 18.2 Å². The van der Waals surface area contributed by atoms with E-state index in [0.717, 1.165) is 0 Å². The molecular formula is C12H16N2O3S. The lowest BCUT2D eigenvalue weighted by Gasteiger charge is -2.07. The van der Waals surface area contributed by atoms with Crippen LogP contribution in [0.25, 0.3) is 0 Å². The third-order valence-corrected chi connectivity index (χ3v) is 3.09. The van der Waals surface area contributed by atoms with Gasteiger partial charge in [0.2, 0.25) is 0 Å². The molecule has 98 valence electrons. The van der Waals surface area contributed by atoms with Crippen molar-refractivity contribution in [2.45, 2.75) is 13.3 Å². The van der Waals surface area contributed by atoms with Gasteiger partial charge in [0, 0.05) is 18.5 Å². The third kappa shape index (κ3) is 5.19. The van der Waals surface area contributed by atoms with Crippen molar-refractivity contribution in [2.75, 3.05) is 17.9 Å². The summed E-state index contributed by atoms with van der Waals surface area (Å²) >= 11 is 0. The first-order chi connectivity index (χ1) is 8.57. The van der Waals surface area contributed by atoms with Gasteiger partial charge < -0.3 is 5.11 Å². The van der Waals surface area contributed by atoms with Gasteiger partial charge in [0.05, 0.1) is 12.3 Å². The van der Waals surface area contributed by atoms with Crippen LogP contribution in [0.1, 0.15) is 18.9 Å². The molecule has 0 saturated heterocycles. The molecule has 1 aromatic carbocycles. The predicted molar refractivity (Wildman–Crippen MR) is 71.2 cm³/mol. The van der Waals surface area contributed by atoms with Crippen LogP contribution in [0.15, 0.2) is 24.3 Å². The zero-order chi connectivity index (χ0) is 13.4. The molecule has 0 bridgehead atoms. The average molecular weight is 268 g/mol. The molecule has 0 atom stereocenters. The second kappa shape index (κ2) is 7.01. The van der Waals surface area contributed by atoms with E-state index in [-0.39, 0.29) is 6.61 Å². The van der Waals surface area contributed by atoms with Crippen molar-refractivity contribution < 1.29 is 13.5 Å². The predicted octanol–water partition coefficient (Wildman–Crippen LogP) is 0.687. The normalized spacial score (nSPS) is 10.6. The molecule has 3 N–H and O–H groups in total. The van der Waals surface area contributed by atoms with Crippen molar-refractivity contribution in [1.29, 1.82) is 0 Å². The van der Waals surface area contributed by atoms with Crippen LogP contribution in [0.4, 0.5) is 5.69 Å². The summed E-state index contributed by atoms with van der Waals surface area (Å²) < 4.78 is 27.7. The highest BCUT2D eigenvalue weighted by molar-refractivity contribution is 7.90. The summed E-state index contributed by atoms with van der Waals surface area (Å²) in [5.41, 5.74) is 1.15. The number of anilines is 1. The number of hydrogen-bond donors (Lipinski definition) is 3. The number of nitrogens with one attached hydrogen (secondary N) is 2. The van der Waals surface area contributed by atoms with Crippen LogP contribution in [-0.2, 0) is 10.2 Å². The molecule has 1 aromatic rings. The average Bonchev–Trinajstić information content (AvgIpc) is 2.29. The Bertz CT molecular complexity index is 544. The third-order valence-electron chi connectivity index (χ3n) is 1.92. The van der Waals surface area contributed by atoms with Crippen molar-refractivity contribution in [3.05, 3.63) is 29.8 Å². The van der Waals surface area contributed by atoms with E-state index < -0.39 is 10.2 Å². The Balaban J connectivity index is 2.81. The largest absolute Gasteiger partial charge is 0.395 e. The fraction of sp³-hybridized carbons (Fsp3) is 0.333. The van der Waals surface area contributed by atoms with Gasteiger partial charge in [-0.1, -0.05) is 24.8 Å². The van der Waals surface area contributed by atoms with Crippen molar-refractivity contribution in [3.63, 3.8) is 0 Å². The van der Waals surface area contributed by atoms with Crippen LogP contribution in [0.2, 0.25) is 0 Å². The molecule has 0 heterocycles. The molecule has 0 unspecified atom stereocenters. The van der Waals surface area contributed by atoms with Gasteiger partial charge in [-0.2, -0.15) is 13.1 Å². The van der Waals surface area contributed by atoms with Crippen LogP contribution in [0, 0.1) is 11.8 Å². The van der Waals surface area contributed by atoms with Gasteiger partial charge in [-0.15, -0.1) is 0 Å². The molecule has 5 nitrogen and oxygen atoms in total. The summed E-state index contributed by atoms with van der Waals surface area (Å²) in [6.45, 7) is 2.04. The van der Waals surface area contributed by atoms with E-state index in [4.69, 9.17) is 5.11 Å². The number of benzene rings is 1. The van der Waals surface area contributed by atoms with E-state index in [0.29, 0.717) is 24.2 Å². The van der Waals surface area contributed by atoms with Crippen LogP contribution >= 0.6 is 0 Å². The van der Waals surface area contributed by atoms with Gasteiger partial charge in [0.15, 0.2) is 0 Å². The standard InChI is InChI=1S/C12H16N2O3S/c1-2-13-18(16,17)14-12-8-5-7-11(10-12)6-3-4-9-15/h5,7-8,10,13-15H,2,4,9H2,1H3. The number of aliphatic hydroxyl groups is 1. The molecule has 0 fully saturated rings. The van der Waals surface area contributed by atoms with Gasteiger partial charge in [-0.25, -0.2) is 0 Å². The fourth-order valence-corrected chi connectivity index (χ4v) is 2.15. The Morgan fingerprint density at radius 3 is 2.83 bits per heavy atom. The summed E-state index contributed by atoms with van der Waals surface area (Å²) in [7, 11) is -3.51. The summed E-state index contributed by atoms with van der Waals surface area (Å²) in [5.74, 6) is 5.61. The SMILES string of the molecule is CCNS(=O)(=O)Nc1cccc(C#CCCO)c1. The highest BCUT2D eigenvalue weighted by atomic mass is 32.2. The van der Waals surface area contributed by atoms with E-state index in [1.165, 1.54) is 0 Å². The lowest BCUT2D eigenvalue weighted by molar-refractivity contribution is 0.305. The Hall–Kier alpha value is -1.55. The van der Waals surface area contributed by atoms with E-state index in [9.17, 15) is 8.42 Å². The first kappa shape index (κ1) is 14.5. The Labute approximate surface area is 107 Å². The van der Waals surface area contributed by atoms with Crippen LogP contribution < -0.4 is 9.44 Å². The minimum absolute atomic E-state index is 0.0136. The Morgan fingerprint density at radius 1 is 1.39 bits per heavy atom. The molecular weight excluding hydrogens is 252 g/mol. The molecule has 0 spiro atoms. The van der Waals surface area contributed by atoms with Crippen molar-refractivity contribution in [1.82, 2.24) is 4.72 Å². The zero-order valence-electron chi connectivity index (χ0n) is 10.1. The van der Waals surface area contributed by atoms with E-state index >= 15 is 0 Å². The van der Waals surface area contributed by atoms with Crippen LogP contribution in [0.3, 0.4) is 0 Å². The lowest BCUT2D eigenvalue weighted by atomic mass is 10.2. The van der Waals surface area contributed by atoms with Gasteiger partial charge in [-0.3, -0.25) is 4.72 Å². The molecule has 0 radical (unpaired) electrons. The number of hydrogen-bond acceptors (Lipinski definition) is 3. The van der Waals surface area contributed by atoms with E-state index in [2.05, 4.69) is 21.3 Å². The zero-order valence-corrected chi connectivity index (χ0v) is 10.9. The van der Waals surface area contributed by atoms with Crippen LogP contribution in [-0.4, -0.2) is 26.7 Å². The maximum Gasteiger partial charge on any atom is 0.299 e. The fourth-order valence-electron chi connectivity index (χ4n) is 1.26. The quantitative estimate of drug-likeness (QED) is 0.687. The Kier molecular flexibility index (Phi) is 5.65. The molecule has 0 amide bonds. The molecule has 0 aliphatic heterocycles. The highest BCUT2D eigenvalue weighted by Crippen LogP contribution is 2.10. The molecule has 0 saturated carbocycles. The maximum atomic E-state index is 11.5. The first-order valence-corrected chi connectivity index (χ1v) is 7.03. The topological polar surface area (TPSA) is 78.4 Å². The lowest BCUT2D eigenvalue weighted by Crippen LogP contribution is -2.29. The number of aliphatic hydroxyl groups excluding tert-OH is 1. The van der Waals surface area contributed by atoms with E-state index in [1.807, 2.05) is 0 Å². The van der Waals surface area contributed by atoms with Gasteiger partial charge >= 0.3 is 0 Å². The van der Waals surface area contributed by atoms with Gasteiger partial charge in [0.25, 0.3) is 10.2 Å². The molecule has 0 aromatic heterocycles. The summed E-state index contributed by atoms with van der Waals surface area (Å²) in [4.78, 5) is 0. The Morgan fingerprint density at radius 2 is 2.17 bits per heavy atom. The molecule has 6 heteroatoms. The summed E-state index contributed by atoms with van der Waals surface area (Å²) in [6.07, 6.45) is 0.396. The highest BCUT2D eigenvalue weighted by Gasteiger charge is 2.07. The minimum Gasteiger partial charge on any atom is -0.395 e. The minimum atomic E-state index is -3.51. The number of rotatable bonds is 5. The van der Waals surface area contributed by atoms with Crippen LogP contribution in [0.5, 0.6) is 0 Å². The molecule has 1 rings (SSSR count). The maximum absolute atomic E-state index is 11.5.